The lowest BCUT2D eigenvalue weighted by Crippen LogP contribution is -2.40. The van der Waals surface area contributed by atoms with Crippen LogP contribution in [0.25, 0.3) is 0 Å². The average molecular weight is 373 g/mol. The van der Waals surface area contributed by atoms with Crippen LogP contribution in [0.5, 0.6) is 17.2 Å². The number of aliphatic hydroxyl groups is 1. The Balaban J connectivity index is 2.04. The number of nitrogens with zero attached hydrogens (tertiary/aromatic N) is 1. The second-order valence-corrected chi connectivity index (χ2v) is 6.32. The molecule has 2 unspecified atom stereocenters. The van der Waals surface area contributed by atoms with E-state index in [-0.39, 0.29) is 6.54 Å². The molecule has 1 heterocycles. The minimum Gasteiger partial charge on any atom is -0.497 e. The molecule has 2 aromatic carbocycles. The summed E-state index contributed by atoms with van der Waals surface area (Å²) in [6, 6.07) is 9.52. The van der Waals surface area contributed by atoms with Gasteiger partial charge in [0.25, 0.3) is 0 Å². The first-order valence-electron chi connectivity index (χ1n) is 8.52. The average Bonchev–Trinajstić information content (AvgIpc) is 2.67. The van der Waals surface area contributed by atoms with Crippen LogP contribution < -0.4 is 14.2 Å². The molecule has 144 valence electrons. The summed E-state index contributed by atoms with van der Waals surface area (Å²) in [6.45, 7) is 0.464. The molecule has 1 aliphatic rings. The number of fused-ring (bicyclic) bond motifs is 1. The minimum absolute atomic E-state index is 0.157. The number of aliphatic carboxylic acids is 1. The third-order valence-electron chi connectivity index (χ3n) is 4.82. The smallest absolute Gasteiger partial charge is 0.325 e. The first-order valence-corrected chi connectivity index (χ1v) is 8.52. The van der Waals surface area contributed by atoms with E-state index in [1.165, 1.54) is 14.2 Å². The molecule has 0 aliphatic carbocycles. The van der Waals surface area contributed by atoms with Gasteiger partial charge in [0.2, 0.25) is 0 Å². The molecule has 0 saturated carbocycles. The maximum atomic E-state index is 12.1. The van der Waals surface area contributed by atoms with E-state index in [9.17, 15) is 15.0 Å². The second-order valence-electron chi connectivity index (χ2n) is 6.32. The fourth-order valence-corrected chi connectivity index (χ4v) is 3.62. The summed E-state index contributed by atoms with van der Waals surface area (Å²) in [5.74, 6) is 0.729. The molecule has 7 nitrogen and oxygen atoms in total. The number of benzene rings is 2. The quantitative estimate of drug-likeness (QED) is 0.804. The molecular weight excluding hydrogens is 350 g/mol. The van der Waals surface area contributed by atoms with Crippen molar-refractivity contribution >= 4 is 5.97 Å². The van der Waals surface area contributed by atoms with Gasteiger partial charge in [-0.3, -0.25) is 9.69 Å². The summed E-state index contributed by atoms with van der Waals surface area (Å²) < 4.78 is 16.0. The Morgan fingerprint density at radius 3 is 2.44 bits per heavy atom. The molecular formula is C20H23NO6. The van der Waals surface area contributed by atoms with E-state index >= 15 is 0 Å². The van der Waals surface area contributed by atoms with E-state index in [2.05, 4.69) is 0 Å². The molecule has 0 bridgehead atoms. The van der Waals surface area contributed by atoms with Crippen LogP contribution in [0, 0.1) is 0 Å². The van der Waals surface area contributed by atoms with Gasteiger partial charge in [0.15, 0.2) is 0 Å². The number of aliphatic hydroxyl groups excluding tert-OH is 1. The van der Waals surface area contributed by atoms with E-state index in [4.69, 9.17) is 14.2 Å². The van der Waals surface area contributed by atoms with E-state index in [1.807, 2.05) is 0 Å². The van der Waals surface area contributed by atoms with Crippen molar-refractivity contribution in [1.29, 1.82) is 0 Å². The molecule has 3 rings (SSSR count). The normalized spacial score (nSPS) is 17.7. The van der Waals surface area contributed by atoms with E-state index in [0.717, 1.165) is 5.56 Å². The van der Waals surface area contributed by atoms with Crippen LogP contribution in [-0.4, -0.2) is 49.0 Å². The zero-order valence-corrected chi connectivity index (χ0v) is 15.5. The Labute approximate surface area is 157 Å². The van der Waals surface area contributed by atoms with Crippen LogP contribution in [0.4, 0.5) is 0 Å². The van der Waals surface area contributed by atoms with Gasteiger partial charge in [0.05, 0.1) is 27.4 Å². The third-order valence-corrected chi connectivity index (χ3v) is 4.82. The highest BCUT2D eigenvalue weighted by atomic mass is 16.5. The number of carbonyl (C=O) groups is 1. The Bertz CT molecular complexity index is 837. The number of carboxylic acids is 1. The SMILES string of the molecule is COc1cccc(C(C(=O)O)N2Cc3c(OC)ccc(OC)c3C(O)C2)c1. The van der Waals surface area contributed by atoms with Crippen LogP contribution in [0.2, 0.25) is 0 Å². The van der Waals surface area contributed by atoms with Gasteiger partial charge in [0.1, 0.15) is 23.3 Å². The number of rotatable bonds is 6. The van der Waals surface area contributed by atoms with Gasteiger partial charge in [-0.2, -0.15) is 0 Å². The maximum absolute atomic E-state index is 12.1. The lowest BCUT2D eigenvalue weighted by Gasteiger charge is -2.37. The van der Waals surface area contributed by atoms with Gasteiger partial charge in [-0.15, -0.1) is 0 Å². The van der Waals surface area contributed by atoms with Crippen molar-refractivity contribution in [3.8, 4) is 17.2 Å². The van der Waals surface area contributed by atoms with Gasteiger partial charge in [0, 0.05) is 24.2 Å². The van der Waals surface area contributed by atoms with Gasteiger partial charge < -0.3 is 24.4 Å². The van der Waals surface area contributed by atoms with Crippen molar-refractivity contribution in [2.75, 3.05) is 27.9 Å². The number of hydrogen-bond acceptors (Lipinski definition) is 6. The summed E-state index contributed by atoms with van der Waals surface area (Å²) in [5, 5.41) is 20.6. The maximum Gasteiger partial charge on any atom is 0.325 e. The molecule has 7 heteroatoms. The van der Waals surface area contributed by atoms with Crippen LogP contribution in [0.3, 0.4) is 0 Å². The highest BCUT2D eigenvalue weighted by Crippen LogP contribution is 2.41. The highest BCUT2D eigenvalue weighted by molar-refractivity contribution is 5.76. The molecule has 0 aromatic heterocycles. The van der Waals surface area contributed by atoms with Crippen molar-refractivity contribution < 1.29 is 29.2 Å². The Morgan fingerprint density at radius 1 is 1.11 bits per heavy atom. The summed E-state index contributed by atoms with van der Waals surface area (Å²) in [7, 11) is 4.62. The largest absolute Gasteiger partial charge is 0.497 e. The highest BCUT2D eigenvalue weighted by Gasteiger charge is 2.36. The van der Waals surface area contributed by atoms with Crippen molar-refractivity contribution in [1.82, 2.24) is 4.90 Å². The molecule has 0 saturated heterocycles. The Morgan fingerprint density at radius 2 is 1.81 bits per heavy atom. The molecule has 0 spiro atoms. The fraction of sp³-hybridized carbons (Fsp3) is 0.350. The van der Waals surface area contributed by atoms with Crippen LogP contribution in [-0.2, 0) is 11.3 Å². The lowest BCUT2D eigenvalue weighted by molar-refractivity contribution is -0.144. The first-order chi connectivity index (χ1) is 13.0. The third kappa shape index (κ3) is 3.56. The van der Waals surface area contributed by atoms with Crippen LogP contribution in [0.15, 0.2) is 36.4 Å². The zero-order chi connectivity index (χ0) is 19.6. The number of carboxylic acid groups (broad SMARTS) is 1. The Hall–Kier alpha value is -2.77. The monoisotopic (exact) mass is 373 g/mol. The summed E-state index contributed by atoms with van der Waals surface area (Å²) in [6.07, 6.45) is -0.897. The van der Waals surface area contributed by atoms with E-state index in [0.29, 0.717) is 34.9 Å². The molecule has 27 heavy (non-hydrogen) atoms. The molecule has 2 aromatic rings. The predicted octanol–water partition coefficient (Wildman–Crippen LogP) is 2.39. The van der Waals surface area contributed by atoms with E-state index in [1.54, 1.807) is 48.4 Å². The van der Waals surface area contributed by atoms with E-state index < -0.39 is 18.1 Å². The lowest BCUT2D eigenvalue weighted by atomic mass is 9.92. The molecule has 2 N–H and O–H groups in total. The molecule has 0 amide bonds. The van der Waals surface area contributed by atoms with Crippen LogP contribution in [0.1, 0.15) is 28.8 Å². The minimum atomic E-state index is -0.999. The molecule has 0 radical (unpaired) electrons. The van der Waals surface area contributed by atoms with Crippen molar-refractivity contribution in [2.24, 2.45) is 0 Å². The van der Waals surface area contributed by atoms with Gasteiger partial charge in [-0.1, -0.05) is 12.1 Å². The van der Waals surface area contributed by atoms with Crippen molar-refractivity contribution in [3.05, 3.63) is 53.1 Å². The fourth-order valence-electron chi connectivity index (χ4n) is 3.62. The van der Waals surface area contributed by atoms with Crippen molar-refractivity contribution in [2.45, 2.75) is 18.7 Å². The predicted molar refractivity (Wildman–Crippen MR) is 98.3 cm³/mol. The van der Waals surface area contributed by atoms with Gasteiger partial charge >= 0.3 is 5.97 Å². The topological polar surface area (TPSA) is 88.5 Å². The molecule has 1 aliphatic heterocycles. The number of β-amino-alcohol motifs (C(OH)–C–C–N with tert-alkyl or cyclic N) is 1. The number of hydrogen-bond donors (Lipinski definition) is 2. The first kappa shape index (κ1) is 19.0. The second kappa shape index (κ2) is 7.85. The standard InChI is InChI=1S/C20H23NO6/c1-25-13-6-4-5-12(9-13)19(20(23)24)21-10-14-16(26-2)7-8-17(27-3)18(14)15(22)11-21/h4-9,15,19,22H,10-11H2,1-3H3,(H,23,24). The van der Waals surface area contributed by atoms with Gasteiger partial charge in [-0.25, -0.2) is 0 Å². The van der Waals surface area contributed by atoms with Crippen LogP contribution >= 0.6 is 0 Å². The van der Waals surface area contributed by atoms with Crippen molar-refractivity contribution in [3.63, 3.8) is 0 Å². The number of methoxy groups -OCH3 is 3. The Kier molecular flexibility index (Phi) is 5.53. The molecule has 2 atom stereocenters. The summed E-state index contributed by atoms with van der Waals surface area (Å²) >= 11 is 0. The number of ether oxygens (including phenoxy) is 3. The summed E-state index contributed by atoms with van der Waals surface area (Å²) in [5.41, 5.74) is 1.95. The van der Waals surface area contributed by atoms with Gasteiger partial charge in [-0.05, 0) is 29.8 Å². The molecule has 0 fully saturated rings. The summed E-state index contributed by atoms with van der Waals surface area (Å²) in [4.78, 5) is 13.8. The zero-order valence-electron chi connectivity index (χ0n) is 15.5.